The fourth-order valence-electron chi connectivity index (χ4n) is 3.64. The number of hydrogen-bond donors (Lipinski definition) is 0. The maximum absolute atomic E-state index is 13.0. The second-order valence-electron chi connectivity index (χ2n) is 6.06. The molecule has 4 heterocycles. The summed E-state index contributed by atoms with van der Waals surface area (Å²) in [6.07, 6.45) is 6.91. The van der Waals surface area contributed by atoms with Gasteiger partial charge in [0.15, 0.2) is 0 Å². The predicted molar refractivity (Wildman–Crippen MR) is 98.2 cm³/mol. The summed E-state index contributed by atoms with van der Waals surface area (Å²) in [5.74, 6) is -0.0636. The number of rotatable bonds is 1. The first-order valence-electron chi connectivity index (χ1n) is 8.01. The molecule has 6 heteroatoms. The first-order chi connectivity index (χ1) is 12.2. The summed E-state index contributed by atoms with van der Waals surface area (Å²) in [7, 11) is 0. The lowest BCUT2D eigenvalue weighted by atomic mass is 10.1. The van der Waals surface area contributed by atoms with Crippen molar-refractivity contribution in [1.29, 1.82) is 0 Å². The number of aromatic nitrogens is 3. The summed E-state index contributed by atoms with van der Waals surface area (Å²) in [5, 5.41) is 2.76. The second-order valence-corrected chi connectivity index (χ2v) is 6.50. The van der Waals surface area contributed by atoms with Gasteiger partial charge in [-0.2, -0.15) is 0 Å². The standard InChI is InChI=1S/C19H13ClN4O/c20-13-8-15-14-3-5-22-11-17(14)23-6-7-24(16(9-13)18(15)23)19(25)12-2-1-4-21-10-12/h1-5,8-11H,6-7H2. The Morgan fingerprint density at radius 3 is 2.76 bits per heavy atom. The number of anilines is 1. The van der Waals surface area contributed by atoms with Gasteiger partial charge in [0.1, 0.15) is 0 Å². The summed E-state index contributed by atoms with van der Waals surface area (Å²) in [4.78, 5) is 23.1. The summed E-state index contributed by atoms with van der Waals surface area (Å²) in [6.45, 7) is 1.29. The van der Waals surface area contributed by atoms with Gasteiger partial charge in [-0.05, 0) is 30.3 Å². The summed E-state index contributed by atoms with van der Waals surface area (Å²) in [6, 6.07) is 9.36. The summed E-state index contributed by atoms with van der Waals surface area (Å²) < 4.78 is 2.22. The molecule has 0 N–H and O–H groups in total. The Kier molecular flexibility index (Phi) is 3.05. The largest absolute Gasteiger partial charge is 0.336 e. The van der Waals surface area contributed by atoms with Gasteiger partial charge in [-0.25, -0.2) is 0 Å². The van der Waals surface area contributed by atoms with Crippen LogP contribution in [0.4, 0.5) is 5.69 Å². The van der Waals surface area contributed by atoms with Crippen molar-refractivity contribution in [2.24, 2.45) is 0 Å². The minimum Gasteiger partial charge on any atom is -0.336 e. The lowest BCUT2D eigenvalue weighted by molar-refractivity contribution is 0.0985. The van der Waals surface area contributed by atoms with Crippen LogP contribution in [-0.2, 0) is 6.54 Å². The molecular weight excluding hydrogens is 336 g/mol. The van der Waals surface area contributed by atoms with Crippen LogP contribution in [0, 0.1) is 0 Å². The molecule has 1 aliphatic heterocycles. The molecule has 0 aliphatic carbocycles. The van der Waals surface area contributed by atoms with Crippen molar-refractivity contribution < 1.29 is 4.79 Å². The molecule has 1 amide bonds. The van der Waals surface area contributed by atoms with E-state index in [1.807, 2.05) is 24.4 Å². The Morgan fingerprint density at radius 1 is 1.04 bits per heavy atom. The highest BCUT2D eigenvalue weighted by molar-refractivity contribution is 6.33. The first kappa shape index (κ1) is 14.4. The molecule has 5 rings (SSSR count). The van der Waals surface area contributed by atoms with Gasteiger partial charge in [0.25, 0.3) is 5.91 Å². The van der Waals surface area contributed by atoms with Crippen LogP contribution in [0.3, 0.4) is 0 Å². The van der Waals surface area contributed by atoms with Gasteiger partial charge in [-0.3, -0.25) is 14.8 Å². The van der Waals surface area contributed by atoms with Gasteiger partial charge >= 0.3 is 0 Å². The first-order valence-corrected chi connectivity index (χ1v) is 8.39. The van der Waals surface area contributed by atoms with Crippen LogP contribution in [0.15, 0.2) is 55.1 Å². The molecule has 0 atom stereocenters. The van der Waals surface area contributed by atoms with Crippen LogP contribution < -0.4 is 4.90 Å². The van der Waals surface area contributed by atoms with E-state index in [4.69, 9.17) is 11.6 Å². The zero-order valence-electron chi connectivity index (χ0n) is 13.2. The Balaban J connectivity index is 1.79. The molecule has 4 aromatic rings. The van der Waals surface area contributed by atoms with Gasteiger partial charge in [0.2, 0.25) is 0 Å². The molecule has 1 aromatic carbocycles. The molecule has 0 unspecified atom stereocenters. The molecular formula is C19H13ClN4O. The zero-order valence-corrected chi connectivity index (χ0v) is 13.9. The fourth-order valence-corrected chi connectivity index (χ4v) is 3.85. The topological polar surface area (TPSA) is 51.0 Å². The van der Waals surface area contributed by atoms with Crippen molar-refractivity contribution >= 4 is 45.0 Å². The van der Waals surface area contributed by atoms with E-state index in [9.17, 15) is 4.79 Å². The van der Waals surface area contributed by atoms with E-state index in [-0.39, 0.29) is 5.91 Å². The normalized spacial score (nSPS) is 13.6. The van der Waals surface area contributed by atoms with Gasteiger partial charge in [0, 0.05) is 47.5 Å². The van der Waals surface area contributed by atoms with E-state index in [2.05, 4.69) is 14.5 Å². The molecule has 0 bridgehead atoms. The number of fused-ring (bicyclic) bond motifs is 3. The summed E-state index contributed by atoms with van der Waals surface area (Å²) >= 11 is 6.38. The Bertz CT molecular complexity index is 1140. The monoisotopic (exact) mass is 348 g/mol. The van der Waals surface area contributed by atoms with Crippen LogP contribution in [0.25, 0.3) is 21.8 Å². The number of halogens is 1. The quantitative estimate of drug-likeness (QED) is 0.524. The minimum absolute atomic E-state index is 0.0636. The molecule has 3 aromatic heterocycles. The third-order valence-corrected chi connectivity index (χ3v) is 4.92. The molecule has 25 heavy (non-hydrogen) atoms. The third kappa shape index (κ3) is 2.06. The molecule has 122 valence electrons. The van der Waals surface area contributed by atoms with Crippen LogP contribution in [0.2, 0.25) is 5.02 Å². The lowest BCUT2D eigenvalue weighted by Crippen LogP contribution is -2.37. The van der Waals surface area contributed by atoms with E-state index in [0.29, 0.717) is 23.7 Å². The maximum atomic E-state index is 13.0. The van der Waals surface area contributed by atoms with Crippen molar-refractivity contribution in [3.8, 4) is 0 Å². The van der Waals surface area contributed by atoms with Gasteiger partial charge in [0.05, 0.1) is 28.5 Å². The average molecular weight is 349 g/mol. The van der Waals surface area contributed by atoms with Gasteiger partial charge in [-0.1, -0.05) is 11.6 Å². The third-order valence-electron chi connectivity index (χ3n) is 4.70. The van der Waals surface area contributed by atoms with Crippen LogP contribution in [-0.4, -0.2) is 27.0 Å². The highest BCUT2D eigenvalue weighted by Gasteiger charge is 2.27. The SMILES string of the molecule is O=C(c1cccnc1)N1CCn2c3cnccc3c3cc(Cl)cc1c32. The van der Waals surface area contributed by atoms with Crippen molar-refractivity contribution in [2.75, 3.05) is 11.4 Å². The van der Waals surface area contributed by atoms with Gasteiger partial charge in [-0.15, -0.1) is 0 Å². The molecule has 0 spiro atoms. The van der Waals surface area contributed by atoms with E-state index in [1.165, 1.54) is 0 Å². The van der Waals surface area contributed by atoms with Crippen LogP contribution >= 0.6 is 11.6 Å². The van der Waals surface area contributed by atoms with Crippen molar-refractivity contribution in [1.82, 2.24) is 14.5 Å². The molecule has 0 radical (unpaired) electrons. The minimum atomic E-state index is -0.0636. The Labute approximate surface area is 148 Å². The van der Waals surface area contributed by atoms with Crippen LogP contribution in [0.5, 0.6) is 0 Å². The summed E-state index contributed by atoms with van der Waals surface area (Å²) in [5.41, 5.74) is 3.49. The number of pyridine rings is 2. The molecule has 0 saturated carbocycles. The highest BCUT2D eigenvalue weighted by Crippen LogP contribution is 2.40. The number of benzene rings is 1. The Morgan fingerprint density at radius 2 is 1.92 bits per heavy atom. The average Bonchev–Trinajstić information content (AvgIpc) is 2.97. The molecule has 5 nitrogen and oxygen atoms in total. The van der Waals surface area contributed by atoms with Crippen molar-refractivity contribution in [2.45, 2.75) is 6.54 Å². The zero-order chi connectivity index (χ0) is 17.0. The number of nitrogens with zero attached hydrogens (tertiary/aromatic N) is 4. The second kappa shape index (κ2) is 5.29. The molecule has 0 fully saturated rings. The molecule has 1 aliphatic rings. The smallest absolute Gasteiger partial charge is 0.259 e. The number of amides is 1. The van der Waals surface area contributed by atoms with E-state index in [1.54, 1.807) is 35.6 Å². The van der Waals surface area contributed by atoms with Crippen molar-refractivity contribution in [3.63, 3.8) is 0 Å². The number of carbonyl (C=O) groups is 1. The van der Waals surface area contributed by atoms with Gasteiger partial charge < -0.3 is 9.47 Å². The lowest BCUT2D eigenvalue weighted by Gasteiger charge is -2.29. The molecule has 0 saturated heterocycles. The number of carbonyl (C=O) groups excluding carboxylic acids is 1. The maximum Gasteiger partial charge on any atom is 0.259 e. The van der Waals surface area contributed by atoms with E-state index >= 15 is 0 Å². The highest BCUT2D eigenvalue weighted by atomic mass is 35.5. The number of hydrogen-bond acceptors (Lipinski definition) is 3. The Hall–Kier alpha value is -2.92. The predicted octanol–water partition coefficient (Wildman–Crippen LogP) is 3.90. The van der Waals surface area contributed by atoms with E-state index in [0.717, 1.165) is 27.5 Å². The van der Waals surface area contributed by atoms with E-state index < -0.39 is 0 Å². The van der Waals surface area contributed by atoms with Crippen LogP contribution in [0.1, 0.15) is 10.4 Å². The van der Waals surface area contributed by atoms with Crippen molar-refractivity contribution in [3.05, 3.63) is 65.7 Å². The fraction of sp³-hybridized carbons (Fsp3) is 0.105.